The molecular weight excluding hydrogens is 224 g/mol. The monoisotopic (exact) mass is 248 g/mol. The van der Waals surface area contributed by atoms with Crippen molar-refractivity contribution < 1.29 is 4.74 Å². The maximum absolute atomic E-state index is 5.81. The molecule has 1 heterocycles. The molecule has 0 aliphatic carbocycles. The normalized spacial score (nSPS) is 21.8. The third-order valence-electron chi connectivity index (χ3n) is 3.76. The van der Waals surface area contributed by atoms with Crippen molar-refractivity contribution in [2.24, 2.45) is 5.84 Å². The Labute approximate surface area is 110 Å². The largest absolute Gasteiger partial charge is 0.377 e. The summed E-state index contributed by atoms with van der Waals surface area (Å²) < 4.78 is 5.81. The van der Waals surface area contributed by atoms with Crippen LogP contribution >= 0.6 is 0 Å². The number of nitrogens with one attached hydrogen (secondary N) is 1. The first kappa shape index (κ1) is 13.5. The lowest BCUT2D eigenvalue weighted by Gasteiger charge is -2.30. The zero-order chi connectivity index (χ0) is 12.8. The van der Waals surface area contributed by atoms with Crippen LogP contribution in [-0.2, 0) is 17.6 Å². The molecule has 100 valence electrons. The van der Waals surface area contributed by atoms with E-state index in [1.54, 1.807) is 0 Å². The van der Waals surface area contributed by atoms with Gasteiger partial charge in [0.25, 0.3) is 0 Å². The van der Waals surface area contributed by atoms with Crippen LogP contribution in [0.2, 0.25) is 0 Å². The molecule has 1 aliphatic rings. The van der Waals surface area contributed by atoms with Gasteiger partial charge >= 0.3 is 0 Å². The summed E-state index contributed by atoms with van der Waals surface area (Å²) in [6, 6.07) is 9.02. The second-order valence-electron chi connectivity index (χ2n) is 5.05. The standard InChI is InChI=1S/C15H24N2O/c1-2-12-6-8-13(9-7-12)11-14(17-16)15-5-3-4-10-18-15/h6-9,14-15,17H,2-5,10-11,16H2,1H3. The van der Waals surface area contributed by atoms with Gasteiger partial charge in [-0.2, -0.15) is 0 Å². The van der Waals surface area contributed by atoms with Crippen LogP contribution in [-0.4, -0.2) is 18.8 Å². The molecular formula is C15H24N2O. The number of hydrogen-bond acceptors (Lipinski definition) is 3. The van der Waals surface area contributed by atoms with Gasteiger partial charge in [0, 0.05) is 6.61 Å². The molecule has 1 aromatic rings. The van der Waals surface area contributed by atoms with Gasteiger partial charge in [0.1, 0.15) is 0 Å². The summed E-state index contributed by atoms with van der Waals surface area (Å²) >= 11 is 0. The number of hydrogen-bond donors (Lipinski definition) is 2. The van der Waals surface area contributed by atoms with E-state index in [1.807, 2.05) is 0 Å². The predicted octanol–water partition coefficient (Wildman–Crippen LogP) is 2.19. The minimum Gasteiger partial charge on any atom is -0.377 e. The Hall–Kier alpha value is -0.900. The molecule has 0 saturated carbocycles. The molecule has 2 atom stereocenters. The Morgan fingerprint density at radius 2 is 2.00 bits per heavy atom. The van der Waals surface area contributed by atoms with Crippen LogP contribution in [0.25, 0.3) is 0 Å². The van der Waals surface area contributed by atoms with Gasteiger partial charge in [-0.3, -0.25) is 11.3 Å². The maximum atomic E-state index is 5.81. The van der Waals surface area contributed by atoms with Gasteiger partial charge in [0.15, 0.2) is 0 Å². The van der Waals surface area contributed by atoms with E-state index >= 15 is 0 Å². The Balaban J connectivity index is 1.95. The topological polar surface area (TPSA) is 47.3 Å². The molecule has 0 bridgehead atoms. The third kappa shape index (κ3) is 3.55. The average molecular weight is 248 g/mol. The summed E-state index contributed by atoms with van der Waals surface area (Å²) in [5, 5.41) is 0. The summed E-state index contributed by atoms with van der Waals surface area (Å²) in [6.45, 7) is 3.05. The van der Waals surface area contributed by atoms with Crippen LogP contribution in [0, 0.1) is 0 Å². The van der Waals surface area contributed by atoms with Gasteiger partial charge in [-0.15, -0.1) is 0 Å². The van der Waals surface area contributed by atoms with Crippen molar-refractivity contribution in [1.29, 1.82) is 0 Å². The molecule has 1 aromatic carbocycles. The van der Waals surface area contributed by atoms with Gasteiger partial charge in [-0.1, -0.05) is 31.2 Å². The van der Waals surface area contributed by atoms with Crippen molar-refractivity contribution in [1.82, 2.24) is 5.43 Å². The van der Waals surface area contributed by atoms with Crippen LogP contribution in [0.5, 0.6) is 0 Å². The first-order valence-electron chi connectivity index (χ1n) is 6.99. The highest BCUT2D eigenvalue weighted by atomic mass is 16.5. The van der Waals surface area contributed by atoms with Crippen molar-refractivity contribution in [2.75, 3.05) is 6.61 Å². The minimum absolute atomic E-state index is 0.220. The fourth-order valence-electron chi connectivity index (χ4n) is 2.55. The zero-order valence-corrected chi connectivity index (χ0v) is 11.2. The van der Waals surface area contributed by atoms with Crippen molar-refractivity contribution in [2.45, 2.75) is 51.2 Å². The molecule has 3 heteroatoms. The van der Waals surface area contributed by atoms with E-state index in [-0.39, 0.29) is 12.1 Å². The fraction of sp³-hybridized carbons (Fsp3) is 0.600. The molecule has 2 rings (SSSR count). The first-order valence-corrected chi connectivity index (χ1v) is 6.99. The van der Waals surface area contributed by atoms with E-state index in [0.717, 1.165) is 25.9 Å². The molecule has 1 aliphatic heterocycles. The number of aryl methyl sites for hydroxylation is 1. The number of benzene rings is 1. The maximum Gasteiger partial charge on any atom is 0.0744 e. The third-order valence-corrected chi connectivity index (χ3v) is 3.76. The smallest absolute Gasteiger partial charge is 0.0744 e. The lowest BCUT2D eigenvalue weighted by Crippen LogP contribution is -2.47. The van der Waals surface area contributed by atoms with Crippen LogP contribution in [0.1, 0.15) is 37.3 Å². The average Bonchev–Trinajstić information content (AvgIpc) is 2.46. The highest BCUT2D eigenvalue weighted by Crippen LogP contribution is 2.18. The molecule has 0 aromatic heterocycles. The summed E-state index contributed by atoms with van der Waals surface area (Å²) in [4.78, 5) is 0. The van der Waals surface area contributed by atoms with E-state index in [1.165, 1.54) is 24.0 Å². The second-order valence-corrected chi connectivity index (χ2v) is 5.05. The summed E-state index contributed by atoms with van der Waals surface area (Å²) in [6.07, 6.45) is 5.82. The van der Waals surface area contributed by atoms with E-state index in [4.69, 9.17) is 10.6 Å². The molecule has 1 saturated heterocycles. The highest BCUT2D eigenvalue weighted by molar-refractivity contribution is 5.23. The molecule has 3 nitrogen and oxygen atoms in total. The number of rotatable bonds is 5. The Bertz CT molecular complexity index is 344. The van der Waals surface area contributed by atoms with Gasteiger partial charge in [-0.05, 0) is 43.2 Å². The summed E-state index contributed by atoms with van der Waals surface area (Å²) in [5.74, 6) is 5.68. The van der Waals surface area contributed by atoms with Gasteiger partial charge in [0.2, 0.25) is 0 Å². The quantitative estimate of drug-likeness (QED) is 0.620. The Kier molecular flexibility index (Phi) is 5.17. The fourth-order valence-corrected chi connectivity index (χ4v) is 2.55. The lowest BCUT2D eigenvalue weighted by molar-refractivity contribution is -0.00744. The lowest BCUT2D eigenvalue weighted by atomic mass is 9.96. The van der Waals surface area contributed by atoms with Crippen LogP contribution in [0.15, 0.2) is 24.3 Å². The van der Waals surface area contributed by atoms with E-state index in [0.29, 0.717) is 0 Å². The van der Waals surface area contributed by atoms with Crippen molar-refractivity contribution >= 4 is 0 Å². The molecule has 0 radical (unpaired) electrons. The van der Waals surface area contributed by atoms with Gasteiger partial charge in [0.05, 0.1) is 12.1 Å². The number of ether oxygens (including phenoxy) is 1. The molecule has 3 N–H and O–H groups in total. The summed E-state index contributed by atoms with van der Waals surface area (Å²) in [5.41, 5.74) is 5.63. The Morgan fingerprint density at radius 3 is 2.56 bits per heavy atom. The highest BCUT2D eigenvalue weighted by Gasteiger charge is 2.23. The van der Waals surface area contributed by atoms with Crippen molar-refractivity contribution in [3.05, 3.63) is 35.4 Å². The van der Waals surface area contributed by atoms with Gasteiger partial charge in [-0.25, -0.2) is 0 Å². The van der Waals surface area contributed by atoms with E-state index in [2.05, 4.69) is 36.6 Å². The van der Waals surface area contributed by atoms with Crippen LogP contribution < -0.4 is 11.3 Å². The van der Waals surface area contributed by atoms with Crippen molar-refractivity contribution in [3.8, 4) is 0 Å². The Morgan fingerprint density at radius 1 is 1.28 bits per heavy atom. The van der Waals surface area contributed by atoms with E-state index in [9.17, 15) is 0 Å². The van der Waals surface area contributed by atoms with Crippen LogP contribution in [0.3, 0.4) is 0 Å². The van der Waals surface area contributed by atoms with Crippen molar-refractivity contribution in [3.63, 3.8) is 0 Å². The second kappa shape index (κ2) is 6.88. The first-order chi connectivity index (χ1) is 8.83. The minimum atomic E-state index is 0.220. The number of hydrazine groups is 1. The molecule has 1 fully saturated rings. The molecule has 18 heavy (non-hydrogen) atoms. The molecule has 0 amide bonds. The SMILES string of the molecule is CCc1ccc(CC(NN)C2CCCCO2)cc1. The molecule has 2 unspecified atom stereocenters. The zero-order valence-electron chi connectivity index (χ0n) is 11.2. The molecule has 0 spiro atoms. The summed E-state index contributed by atoms with van der Waals surface area (Å²) in [7, 11) is 0. The predicted molar refractivity (Wildman–Crippen MR) is 74.2 cm³/mol. The number of nitrogens with two attached hydrogens (primary N) is 1. The van der Waals surface area contributed by atoms with Crippen LogP contribution in [0.4, 0.5) is 0 Å². The van der Waals surface area contributed by atoms with Gasteiger partial charge < -0.3 is 4.74 Å². The van der Waals surface area contributed by atoms with E-state index < -0.39 is 0 Å².